The Balaban J connectivity index is 2.15. The van der Waals surface area contributed by atoms with Crippen molar-refractivity contribution >= 4 is 23.6 Å². The minimum atomic E-state index is -1.87. The molecule has 1 saturated carbocycles. The van der Waals surface area contributed by atoms with Crippen LogP contribution in [0.1, 0.15) is 31.7 Å². The Morgan fingerprint density at radius 1 is 1.08 bits per heavy atom. The van der Waals surface area contributed by atoms with Gasteiger partial charge in [0, 0.05) is 5.92 Å². The summed E-state index contributed by atoms with van der Waals surface area (Å²) in [6.45, 7) is 3.32. The van der Waals surface area contributed by atoms with Crippen LogP contribution in [0.25, 0.3) is 0 Å². The number of rotatable bonds is 5. The number of fused-ring (bicyclic) bond motifs is 1. The first-order chi connectivity index (χ1) is 12.0. The van der Waals surface area contributed by atoms with Gasteiger partial charge in [-0.25, -0.2) is 4.79 Å². The maximum atomic E-state index is 12.8. The lowest BCUT2D eigenvalue weighted by Gasteiger charge is -2.54. The highest BCUT2D eigenvalue weighted by molar-refractivity contribution is 6.47. The number of carbonyl (C=O) groups is 4. The van der Waals surface area contributed by atoms with Gasteiger partial charge in [-0.2, -0.15) is 0 Å². The molecule has 3 rings (SSSR count). The number of carbonyl (C=O) groups excluding carboxylic acids is 4. The lowest BCUT2D eigenvalue weighted by Crippen LogP contribution is -2.74. The van der Waals surface area contributed by atoms with Crippen molar-refractivity contribution in [3.05, 3.63) is 35.9 Å². The van der Waals surface area contributed by atoms with E-state index in [1.807, 2.05) is 6.07 Å². The van der Waals surface area contributed by atoms with Crippen molar-refractivity contribution in [3.8, 4) is 0 Å². The maximum absolute atomic E-state index is 12.8. The van der Waals surface area contributed by atoms with Gasteiger partial charge in [-0.3, -0.25) is 14.4 Å². The van der Waals surface area contributed by atoms with Crippen LogP contribution < -0.4 is 5.32 Å². The largest absolute Gasteiger partial charge is 0.465 e. The monoisotopic (exact) mass is 345 g/mol. The number of Topliss-reactive ketones (excluding diaryl/α,β-unsaturated/α-hetero) is 1. The van der Waals surface area contributed by atoms with Gasteiger partial charge in [0.1, 0.15) is 0 Å². The molecule has 1 amide bonds. The standard InChI is InChI=1S/C18H19NO6/c1-3-24-15(22)17-10-12(11-8-6-5-7-9-11)18(17,16(23)25-4-2)19-14(21)13(17)20/h5-9,12H,3-4,10H2,1-2H3,(H,19,21). The molecule has 25 heavy (non-hydrogen) atoms. The zero-order valence-electron chi connectivity index (χ0n) is 14.0. The number of benzene rings is 1. The van der Waals surface area contributed by atoms with E-state index in [0.29, 0.717) is 0 Å². The van der Waals surface area contributed by atoms with Crippen molar-refractivity contribution in [2.75, 3.05) is 13.2 Å². The normalized spacial score (nSPS) is 30.1. The van der Waals surface area contributed by atoms with Crippen molar-refractivity contribution in [2.24, 2.45) is 5.41 Å². The van der Waals surface area contributed by atoms with E-state index in [2.05, 4.69) is 5.32 Å². The van der Waals surface area contributed by atoms with Gasteiger partial charge in [-0.1, -0.05) is 30.3 Å². The Labute approximate surface area is 144 Å². The first kappa shape index (κ1) is 17.1. The molecule has 1 aliphatic heterocycles. The van der Waals surface area contributed by atoms with Gasteiger partial charge in [0.2, 0.25) is 5.78 Å². The summed E-state index contributed by atoms with van der Waals surface area (Å²) >= 11 is 0. The van der Waals surface area contributed by atoms with Crippen molar-refractivity contribution < 1.29 is 28.7 Å². The van der Waals surface area contributed by atoms with Crippen LogP contribution in [-0.4, -0.2) is 42.4 Å². The van der Waals surface area contributed by atoms with Crippen molar-refractivity contribution in [2.45, 2.75) is 31.7 Å². The van der Waals surface area contributed by atoms with Crippen LogP contribution in [0.3, 0.4) is 0 Å². The highest BCUT2D eigenvalue weighted by atomic mass is 16.5. The summed E-state index contributed by atoms with van der Waals surface area (Å²) in [6.07, 6.45) is 0.0201. The molecule has 0 radical (unpaired) electrons. The molecule has 7 nitrogen and oxygen atoms in total. The predicted octanol–water partition coefficient (Wildman–Crippen LogP) is 0.724. The van der Waals surface area contributed by atoms with E-state index in [9.17, 15) is 19.2 Å². The Bertz CT molecular complexity index is 745. The summed E-state index contributed by atoms with van der Waals surface area (Å²) in [4.78, 5) is 50.2. The molecule has 1 N–H and O–H groups in total. The molecular formula is C18H19NO6. The molecule has 1 aromatic rings. The number of nitrogens with one attached hydrogen (secondary N) is 1. The fourth-order valence-electron chi connectivity index (χ4n) is 3.94. The van der Waals surface area contributed by atoms with Gasteiger partial charge >= 0.3 is 11.9 Å². The van der Waals surface area contributed by atoms with E-state index in [4.69, 9.17) is 9.47 Å². The summed E-state index contributed by atoms with van der Waals surface area (Å²) in [7, 11) is 0. The molecule has 3 unspecified atom stereocenters. The van der Waals surface area contributed by atoms with Gasteiger partial charge in [0.05, 0.1) is 13.2 Å². The highest BCUT2D eigenvalue weighted by Crippen LogP contribution is 2.63. The lowest BCUT2D eigenvalue weighted by molar-refractivity contribution is -0.187. The first-order valence-corrected chi connectivity index (χ1v) is 8.22. The lowest BCUT2D eigenvalue weighted by atomic mass is 9.47. The Morgan fingerprint density at radius 2 is 1.68 bits per heavy atom. The van der Waals surface area contributed by atoms with Gasteiger partial charge < -0.3 is 14.8 Å². The van der Waals surface area contributed by atoms with E-state index >= 15 is 0 Å². The predicted molar refractivity (Wildman–Crippen MR) is 85.4 cm³/mol. The number of esters is 2. The molecule has 132 valence electrons. The smallest absolute Gasteiger partial charge is 0.334 e. The number of amides is 1. The summed E-state index contributed by atoms with van der Waals surface area (Å²) in [5, 5.41) is 2.47. The van der Waals surface area contributed by atoms with E-state index in [1.54, 1.807) is 38.1 Å². The fraction of sp³-hybridized carbons (Fsp3) is 0.444. The number of ether oxygens (including phenoxy) is 2. The molecule has 2 aliphatic rings. The third-order valence-electron chi connectivity index (χ3n) is 5.03. The van der Waals surface area contributed by atoms with Gasteiger partial charge in [0.25, 0.3) is 5.91 Å². The molecule has 7 heteroatoms. The first-order valence-electron chi connectivity index (χ1n) is 8.22. The fourth-order valence-corrected chi connectivity index (χ4v) is 3.94. The van der Waals surface area contributed by atoms with Crippen molar-refractivity contribution in [3.63, 3.8) is 0 Å². The molecule has 1 aliphatic carbocycles. The zero-order valence-corrected chi connectivity index (χ0v) is 14.0. The molecule has 2 fully saturated rings. The summed E-state index contributed by atoms with van der Waals surface area (Å²) < 4.78 is 10.2. The van der Waals surface area contributed by atoms with Crippen LogP contribution in [0.5, 0.6) is 0 Å². The van der Waals surface area contributed by atoms with Gasteiger partial charge in [0.15, 0.2) is 11.0 Å². The highest BCUT2D eigenvalue weighted by Gasteiger charge is 2.83. The molecule has 1 saturated heterocycles. The molecule has 0 bridgehead atoms. The summed E-state index contributed by atoms with van der Waals surface area (Å²) in [5.74, 6) is -4.10. The maximum Gasteiger partial charge on any atom is 0.334 e. The van der Waals surface area contributed by atoms with Crippen LogP contribution >= 0.6 is 0 Å². The van der Waals surface area contributed by atoms with Gasteiger partial charge in [-0.05, 0) is 25.8 Å². The molecule has 1 heterocycles. The van der Waals surface area contributed by atoms with E-state index in [0.717, 1.165) is 5.56 Å². The zero-order chi connectivity index (χ0) is 18.2. The quantitative estimate of drug-likeness (QED) is 0.480. The summed E-state index contributed by atoms with van der Waals surface area (Å²) in [6, 6.07) is 8.97. The third-order valence-corrected chi connectivity index (χ3v) is 5.03. The number of hydrogen-bond donors (Lipinski definition) is 1. The third kappa shape index (κ3) is 2.04. The molecule has 3 atom stereocenters. The Morgan fingerprint density at radius 3 is 2.28 bits per heavy atom. The SMILES string of the molecule is CCOC(=O)C12CC(c3ccccc3)C1(C(=O)OCC)NC(=O)C2=O. The average Bonchev–Trinajstić information content (AvgIpc) is 2.75. The van der Waals surface area contributed by atoms with E-state index in [-0.39, 0.29) is 19.6 Å². The Hall–Kier alpha value is -2.70. The summed E-state index contributed by atoms with van der Waals surface area (Å²) in [5.41, 5.74) is -2.89. The number of ketones is 1. The van der Waals surface area contributed by atoms with Crippen molar-refractivity contribution in [1.29, 1.82) is 0 Å². The van der Waals surface area contributed by atoms with Crippen molar-refractivity contribution in [1.82, 2.24) is 5.32 Å². The molecule has 0 aromatic heterocycles. The molecular weight excluding hydrogens is 326 g/mol. The van der Waals surface area contributed by atoms with Crippen LogP contribution in [0.2, 0.25) is 0 Å². The second-order valence-electron chi connectivity index (χ2n) is 6.10. The van der Waals surface area contributed by atoms with E-state index < -0.39 is 40.5 Å². The second kappa shape index (κ2) is 5.98. The molecule has 0 spiro atoms. The van der Waals surface area contributed by atoms with Crippen LogP contribution in [0.15, 0.2) is 30.3 Å². The van der Waals surface area contributed by atoms with Crippen LogP contribution in [0.4, 0.5) is 0 Å². The minimum Gasteiger partial charge on any atom is -0.465 e. The van der Waals surface area contributed by atoms with E-state index in [1.165, 1.54) is 0 Å². The number of hydrogen-bond acceptors (Lipinski definition) is 6. The Kier molecular flexibility index (Phi) is 4.10. The molecule has 1 aromatic carbocycles. The topological polar surface area (TPSA) is 98.8 Å². The second-order valence-corrected chi connectivity index (χ2v) is 6.10. The van der Waals surface area contributed by atoms with Crippen LogP contribution in [-0.2, 0) is 28.7 Å². The average molecular weight is 345 g/mol. The minimum absolute atomic E-state index is 0.0201. The van der Waals surface area contributed by atoms with Crippen LogP contribution in [0, 0.1) is 5.41 Å². The van der Waals surface area contributed by atoms with Gasteiger partial charge in [-0.15, -0.1) is 0 Å².